The maximum absolute atomic E-state index is 12.9. The summed E-state index contributed by atoms with van der Waals surface area (Å²) in [5, 5.41) is 0. The largest absolute Gasteiger partial charge is 0.756 e. The van der Waals surface area contributed by atoms with E-state index >= 15 is 0 Å². The highest BCUT2D eigenvalue weighted by Crippen LogP contribution is 2.38. The molecule has 0 aromatic carbocycles. The molecule has 0 fully saturated rings. The number of hydrogen-bond acceptors (Lipinski definition) is 8. The van der Waals surface area contributed by atoms with Crippen molar-refractivity contribution in [3.8, 4) is 0 Å². The number of phosphoric ester groups is 1. The Labute approximate surface area is 564 Å². The number of hydrogen-bond donors (Lipinski definition) is 0. The zero-order valence-corrected chi connectivity index (χ0v) is 61.4. The number of carbonyl (C=O) groups excluding carboxylic acids is 2. The van der Waals surface area contributed by atoms with Gasteiger partial charge in [-0.15, -0.1) is 0 Å². The highest BCUT2D eigenvalue weighted by molar-refractivity contribution is 7.45. The number of quaternary nitrogens is 1. The summed E-state index contributed by atoms with van der Waals surface area (Å²) in [5.74, 6) is -0.813. The fourth-order valence-corrected chi connectivity index (χ4v) is 12.0. The molecule has 0 aliphatic heterocycles. The van der Waals surface area contributed by atoms with Crippen molar-refractivity contribution < 1.29 is 42.1 Å². The first-order valence-electron chi connectivity index (χ1n) is 38.8. The zero-order valence-electron chi connectivity index (χ0n) is 60.5. The van der Waals surface area contributed by atoms with Gasteiger partial charge in [-0.1, -0.05) is 369 Å². The van der Waals surface area contributed by atoms with Crippen LogP contribution in [0.5, 0.6) is 0 Å². The molecule has 91 heavy (non-hydrogen) atoms. The van der Waals surface area contributed by atoms with Crippen molar-refractivity contribution in [1.82, 2.24) is 0 Å². The third-order valence-electron chi connectivity index (χ3n) is 17.2. The molecule has 9 nitrogen and oxygen atoms in total. The predicted octanol–water partition coefficient (Wildman–Crippen LogP) is 25.0. The van der Waals surface area contributed by atoms with Crippen LogP contribution in [-0.2, 0) is 32.7 Å². The van der Waals surface area contributed by atoms with Crippen molar-refractivity contribution >= 4 is 19.8 Å². The van der Waals surface area contributed by atoms with Crippen LogP contribution in [-0.4, -0.2) is 70.0 Å². The molecule has 0 bridgehead atoms. The Balaban J connectivity index is 3.94. The molecule has 0 aliphatic rings. The second-order valence-corrected chi connectivity index (χ2v) is 28.8. The summed E-state index contributed by atoms with van der Waals surface area (Å²) in [6.07, 6.45) is 98.4. The fraction of sp³-hybridized carbons (Fsp3) is 0.802. The van der Waals surface area contributed by atoms with Crippen molar-refractivity contribution in [3.05, 3.63) is 85.1 Å². The van der Waals surface area contributed by atoms with Gasteiger partial charge in [0, 0.05) is 12.8 Å². The van der Waals surface area contributed by atoms with Gasteiger partial charge < -0.3 is 27.9 Å². The smallest absolute Gasteiger partial charge is 0.306 e. The third kappa shape index (κ3) is 76.1. The van der Waals surface area contributed by atoms with Gasteiger partial charge in [-0.2, -0.15) is 0 Å². The molecule has 0 spiro atoms. The summed E-state index contributed by atoms with van der Waals surface area (Å²) in [6, 6.07) is 0. The maximum atomic E-state index is 12.9. The Morgan fingerprint density at radius 1 is 0.352 bits per heavy atom. The molecule has 2 unspecified atom stereocenters. The van der Waals surface area contributed by atoms with Gasteiger partial charge in [-0.25, -0.2) is 0 Å². The second kappa shape index (κ2) is 71.5. The average Bonchev–Trinajstić information content (AvgIpc) is 3.69. The Bertz CT molecular complexity index is 1810. The number of esters is 2. The number of carbonyl (C=O) groups is 2. The van der Waals surface area contributed by atoms with Crippen molar-refractivity contribution in [2.75, 3.05) is 47.5 Å². The van der Waals surface area contributed by atoms with Crippen LogP contribution in [0.15, 0.2) is 85.1 Å². The van der Waals surface area contributed by atoms with Crippen LogP contribution in [0.2, 0.25) is 0 Å². The standard InChI is InChI=1S/C81H148NO8P/c1-6-8-10-12-14-16-18-20-22-24-26-28-30-32-34-35-36-37-38-39-40-41-42-43-44-45-46-47-48-50-52-54-56-58-60-62-64-66-68-70-72-74-81(84)90-79(78-89-91(85,86)88-76-75-82(3,4)5)77-87-80(83)73-71-69-67-65-63-61-59-57-55-53-51-49-33-31-29-27-25-23-21-19-17-15-13-11-9-7-2/h8,10,14,16,20,22,26,28,32,34,36-37,39-40,79H,6-7,9,11-13,15,17-19,21,23-25,27,29-31,33,35,38,41-78H2,1-5H3/b10-8-,16-14-,22-20-,28-26-,34-32-,37-36-,40-39-. The molecule has 2 atom stereocenters. The predicted molar refractivity (Wildman–Crippen MR) is 393 cm³/mol. The molecular formula is C81H148NO8P. The van der Waals surface area contributed by atoms with E-state index in [1.807, 2.05) is 21.1 Å². The van der Waals surface area contributed by atoms with E-state index in [-0.39, 0.29) is 32.0 Å². The average molecular weight is 1300 g/mol. The van der Waals surface area contributed by atoms with Gasteiger partial charge in [-0.05, 0) is 70.6 Å². The van der Waals surface area contributed by atoms with E-state index in [2.05, 4.69) is 98.9 Å². The molecule has 0 rings (SSSR count). The molecule has 0 aromatic heterocycles. The summed E-state index contributed by atoms with van der Waals surface area (Å²) < 4.78 is 34.4. The van der Waals surface area contributed by atoms with E-state index in [9.17, 15) is 19.0 Å². The highest BCUT2D eigenvalue weighted by Gasteiger charge is 2.22. The monoisotopic (exact) mass is 1290 g/mol. The number of allylic oxidation sites excluding steroid dienone is 14. The molecule has 0 aliphatic carbocycles. The van der Waals surface area contributed by atoms with Crippen LogP contribution in [0.3, 0.4) is 0 Å². The molecule has 0 heterocycles. The van der Waals surface area contributed by atoms with Crippen molar-refractivity contribution in [2.45, 2.75) is 373 Å². The van der Waals surface area contributed by atoms with Gasteiger partial charge in [0.2, 0.25) is 0 Å². The van der Waals surface area contributed by atoms with Gasteiger partial charge in [0.25, 0.3) is 7.82 Å². The molecule has 10 heteroatoms. The minimum atomic E-state index is -4.64. The SMILES string of the molecule is CC/C=C\C/C=C\C/C=C\C/C=C\C/C=C\C/C=C\C/C=C\CCCCCCCCCCCCCCCCCCCCCC(=O)OC(COC(=O)CCCCCCCCCCCCCCCCCCCCCCCCCCCC)COP(=O)([O-])OCC[N+](C)(C)C. The summed E-state index contributed by atoms with van der Waals surface area (Å²) in [5.41, 5.74) is 0. The number of unbranched alkanes of at least 4 members (excludes halogenated alkanes) is 44. The lowest BCUT2D eigenvalue weighted by Crippen LogP contribution is -2.37. The molecule has 0 N–H and O–H groups in total. The molecule has 0 amide bonds. The first kappa shape index (κ1) is 88.2. The summed E-state index contributed by atoms with van der Waals surface area (Å²) >= 11 is 0. The van der Waals surface area contributed by atoms with Crippen LogP contribution in [0.25, 0.3) is 0 Å². The topological polar surface area (TPSA) is 111 Å². The van der Waals surface area contributed by atoms with Crippen LogP contribution >= 0.6 is 7.82 Å². The number of phosphoric acid groups is 1. The highest BCUT2D eigenvalue weighted by atomic mass is 31.2. The molecular weight excluding hydrogens is 1150 g/mol. The van der Waals surface area contributed by atoms with E-state index in [1.165, 1.54) is 250 Å². The van der Waals surface area contributed by atoms with E-state index < -0.39 is 26.5 Å². The Morgan fingerprint density at radius 2 is 0.626 bits per heavy atom. The number of rotatable bonds is 72. The zero-order chi connectivity index (χ0) is 66.2. The van der Waals surface area contributed by atoms with Crippen LogP contribution in [0.4, 0.5) is 0 Å². The van der Waals surface area contributed by atoms with Crippen molar-refractivity contribution in [1.29, 1.82) is 0 Å². The van der Waals surface area contributed by atoms with Crippen LogP contribution in [0, 0.1) is 0 Å². The van der Waals surface area contributed by atoms with Gasteiger partial charge in [0.15, 0.2) is 6.10 Å². The normalized spacial score (nSPS) is 13.5. The Hall–Kier alpha value is -2.81. The summed E-state index contributed by atoms with van der Waals surface area (Å²) in [4.78, 5) is 38.1. The lowest BCUT2D eigenvalue weighted by Gasteiger charge is -2.28. The van der Waals surface area contributed by atoms with E-state index in [1.54, 1.807) is 0 Å². The number of ether oxygens (including phenoxy) is 2. The third-order valence-corrected chi connectivity index (χ3v) is 18.1. The van der Waals surface area contributed by atoms with E-state index in [0.29, 0.717) is 17.4 Å². The fourth-order valence-electron chi connectivity index (χ4n) is 11.3. The van der Waals surface area contributed by atoms with Gasteiger partial charge >= 0.3 is 11.9 Å². The number of likely N-dealkylation sites (N-methyl/N-ethyl adjacent to an activating group) is 1. The van der Waals surface area contributed by atoms with Crippen LogP contribution < -0.4 is 4.89 Å². The summed E-state index contributed by atoms with van der Waals surface area (Å²) in [6.45, 7) is 4.19. The van der Waals surface area contributed by atoms with Crippen molar-refractivity contribution in [2.24, 2.45) is 0 Å². The van der Waals surface area contributed by atoms with E-state index in [4.69, 9.17) is 18.5 Å². The second-order valence-electron chi connectivity index (χ2n) is 27.4. The minimum Gasteiger partial charge on any atom is -0.756 e. The lowest BCUT2D eigenvalue weighted by atomic mass is 10.0. The first-order chi connectivity index (χ1) is 44.5. The van der Waals surface area contributed by atoms with Gasteiger partial charge in [0.05, 0.1) is 27.7 Å². The lowest BCUT2D eigenvalue weighted by molar-refractivity contribution is -0.870. The maximum Gasteiger partial charge on any atom is 0.306 e. The Kier molecular flexibility index (Phi) is 69.3. The molecule has 0 aromatic rings. The molecule has 0 saturated carbocycles. The molecule has 0 radical (unpaired) electrons. The molecule has 0 saturated heterocycles. The Morgan fingerprint density at radius 3 is 0.934 bits per heavy atom. The summed E-state index contributed by atoms with van der Waals surface area (Å²) in [7, 11) is 1.18. The van der Waals surface area contributed by atoms with Crippen LogP contribution in [0.1, 0.15) is 367 Å². The first-order valence-corrected chi connectivity index (χ1v) is 40.3. The number of nitrogens with zero attached hydrogens (tertiary/aromatic N) is 1. The van der Waals surface area contributed by atoms with Gasteiger partial charge in [-0.3, -0.25) is 14.2 Å². The van der Waals surface area contributed by atoms with E-state index in [0.717, 1.165) is 83.5 Å². The quantitative estimate of drug-likeness (QED) is 0.0195. The van der Waals surface area contributed by atoms with Gasteiger partial charge in [0.1, 0.15) is 19.8 Å². The van der Waals surface area contributed by atoms with Crippen molar-refractivity contribution in [3.63, 3.8) is 0 Å². The minimum absolute atomic E-state index is 0.0295. The molecule has 530 valence electrons.